The summed E-state index contributed by atoms with van der Waals surface area (Å²) in [7, 11) is 1.60. The predicted molar refractivity (Wildman–Crippen MR) is 97.9 cm³/mol. The molecule has 138 valence electrons. The van der Waals surface area contributed by atoms with E-state index in [-0.39, 0.29) is 0 Å². The number of nitrogens with two attached hydrogens (primary N) is 1. The number of hydrogen-bond acceptors (Lipinski definition) is 5. The fraction of sp³-hybridized carbons (Fsp3) is 0.278. The first-order valence-electron chi connectivity index (χ1n) is 7.85. The molecule has 0 bridgehead atoms. The van der Waals surface area contributed by atoms with E-state index in [0.29, 0.717) is 23.0 Å². The lowest BCUT2D eigenvalue weighted by Gasteiger charge is -2.06. The molecule has 1 atom stereocenters. The summed E-state index contributed by atoms with van der Waals surface area (Å²) in [6.07, 6.45) is 1.69. The van der Waals surface area contributed by atoms with Crippen molar-refractivity contribution in [3.05, 3.63) is 52.3 Å². The molecule has 0 saturated heterocycles. The van der Waals surface area contributed by atoms with E-state index in [1.165, 1.54) is 19.1 Å². The van der Waals surface area contributed by atoms with Gasteiger partial charge in [0.2, 0.25) is 0 Å². The van der Waals surface area contributed by atoms with Crippen molar-refractivity contribution in [2.24, 2.45) is 5.73 Å². The summed E-state index contributed by atoms with van der Waals surface area (Å²) in [4.78, 5) is 22.6. The molecule has 0 radical (unpaired) electrons. The van der Waals surface area contributed by atoms with Gasteiger partial charge < -0.3 is 15.2 Å². The molecule has 1 aromatic carbocycles. The first kappa shape index (κ1) is 19.5. The number of aromatic nitrogens is 2. The number of esters is 1. The summed E-state index contributed by atoms with van der Waals surface area (Å²) in [5.74, 6) is -0.659. The van der Waals surface area contributed by atoms with Gasteiger partial charge in [0, 0.05) is 11.6 Å². The molecule has 0 aliphatic carbocycles. The van der Waals surface area contributed by atoms with Crippen LogP contribution in [-0.2, 0) is 20.9 Å². The lowest BCUT2D eigenvalue weighted by Crippen LogP contribution is -2.29. The van der Waals surface area contributed by atoms with Crippen molar-refractivity contribution >= 4 is 29.6 Å². The van der Waals surface area contributed by atoms with Gasteiger partial charge in [-0.05, 0) is 37.6 Å². The number of amides is 1. The van der Waals surface area contributed by atoms with Crippen molar-refractivity contribution in [2.75, 3.05) is 7.11 Å². The molecule has 0 aliphatic rings. The van der Waals surface area contributed by atoms with Crippen LogP contribution in [0.5, 0.6) is 5.75 Å². The highest BCUT2D eigenvalue weighted by atomic mass is 35.5. The van der Waals surface area contributed by atoms with Crippen LogP contribution in [0.25, 0.3) is 6.08 Å². The minimum Gasteiger partial charge on any atom is -0.497 e. The Hall–Kier alpha value is -2.80. The molecule has 1 heterocycles. The number of ether oxygens (including phenoxy) is 2. The van der Waals surface area contributed by atoms with Gasteiger partial charge in [-0.1, -0.05) is 23.7 Å². The number of halogens is 1. The normalized spacial score (nSPS) is 12.2. The van der Waals surface area contributed by atoms with Gasteiger partial charge >= 0.3 is 5.97 Å². The largest absolute Gasteiger partial charge is 0.497 e. The summed E-state index contributed by atoms with van der Waals surface area (Å²) >= 11 is 6.38. The molecule has 0 saturated carbocycles. The molecule has 2 rings (SSSR count). The van der Waals surface area contributed by atoms with E-state index in [4.69, 9.17) is 26.8 Å². The van der Waals surface area contributed by atoms with Crippen molar-refractivity contribution in [3.8, 4) is 5.75 Å². The molecule has 8 heteroatoms. The van der Waals surface area contributed by atoms with E-state index >= 15 is 0 Å². The van der Waals surface area contributed by atoms with Crippen molar-refractivity contribution in [1.82, 2.24) is 9.78 Å². The summed E-state index contributed by atoms with van der Waals surface area (Å²) in [5.41, 5.74) is 7.28. The van der Waals surface area contributed by atoms with E-state index in [1.54, 1.807) is 18.7 Å². The Kier molecular flexibility index (Phi) is 6.41. The standard InChI is InChI=1S/C18H20ClN3O4/c1-11-15(7-8-16(23)26-12(2)18(20)24)17(19)22(21-11)10-13-5-4-6-14(9-13)25-3/h4-9,12H,10H2,1-3H3,(H2,20,24)/b8-7+/t12-/m0/s1. The van der Waals surface area contributed by atoms with Gasteiger partial charge in [-0.3, -0.25) is 4.79 Å². The highest BCUT2D eigenvalue weighted by molar-refractivity contribution is 6.31. The minimum atomic E-state index is -1.00. The first-order valence-corrected chi connectivity index (χ1v) is 8.23. The fourth-order valence-electron chi connectivity index (χ4n) is 2.23. The van der Waals surface area contributed by atoms with Crippen LogP contribution in [0.2, 0.25) is 5.15 Å². The third kappa shape index (κ3) is 4.86. The first-order chi connectivity index (χ1) is 12.3. The van der Waals surface area contributed by atoms with Crippen LogP contribution >= 0.6 is 11.6 Å². The molecule has 0 fully saturated rings. The van der Waals surface area contributed by atoms with Crippen LogP contribution < -0.4 is 10.5 Å². The average molecular weight is 378 g/mol. The van der Waals surface area contributed by atoms with E-state index in [2.05, 4.69) is 5.10 Å². The van der Waals surface area contributed by atoms with E-state index in [9.17, 15) is 9.59 Å². The maximum absolute atomic E-state index is 11.7. The number of carbonyl (C=O) groups is 2. The van der Waals surface area contributed by atoms with E-state index < -0.39 is 18.0 Å². The third-order valence-corrected chi connectivity index (χ3v) is 4.05. The van der Waals surface area contributed by atoms with Crippen LogP contribution in [0.4, 0.5) is 0 Å². The molecule has 2 N–H and O–H groups in total. The molecule has 0 unspecified atom stereocenters. The molecule has 0 aliphatic heterocycles. The molecule has 7 nitrogen and oxygen atoms in total. The van der Waals surface area contributed by atoms with Crippen LogP contribution in [-0.4, -0.2) is 34.9 Å². The van der Waals surface area contributed by atoms with Gasteiger partial charge in [0.15, 0.2) is 6.10 Å². The Bertz CT molecular complexity index is 845. The summed E-state index contributed by atoms with van der Waals surface area (Å²) in [6, 6.07) is 7.57. The monoisotopic (exact) mass is 377 g/mol. The maximum Gasteiger partial charge on any atom is 0.331 e. The second-order valence-corrected chi connectivity index (χ2v) is 5.97. The summed E-state index contributed by atoms with van der Waals surface area (Å²) in [5, 5.41) is 4.78. The quantitative estimate of drug-likeness (QED) is 0.590. The SMILES string of the molecule is COc1cccc(Cn2nc(C)c(/C=C/C(=O)O[C@@H](C)C(N)=O)c2Cl)c1. The van der Waals surface area contributed by atoms with Crippen LogP contribution in [0.1, 0.15) is 23.7 Å². The average Bonchev–Trinajstić information content (AvgIpc) is 2.86. The van der Waals surface area contributed by atoms with Crippen LogP contribution in [0, 0.1) is 6.92 Å². The van der Waals surface area contributed by atoms with Crippen LogP contribution in [0.15, 0.2) is 30.3 Å². The third-order valence-electron chi connectivity index (χ3n) is 3.66. The Morgan fingerprint density at radius 2 is 2.15 bits per heavy atom. The zero-order valence-corrected chi connectivity index (χ0v) is 15.5. The van der Waals surface area contributed by atoms with E-state index in [0.717, 1.165) is 11.3 Å². The Balaban J connectivity index is 2.15. The predicted octanol–water partition coefficient (Wildman–Crippen LogP) is 2.33. The second-order valence-electron chi connectivity index (χ2n) is 5.61. The molecule has 1 amide bonds. The number of benzene rings is 1. The van der Waals surface area contributed by atoms with Crippen molar-refractivity contribution in [2.45, 2.75) is 26.5 Å². The van der Waals surface area contributed by atoms with Gasteiger partial charge in [0.25, 0.3) is 5.91 Å². The number of primary amides is 1. The summed E-state index contributed by atoms with van der Waals surface area (Å²) < 4.78 is 11.7. The van der Waals surface area contributed by atoms with Crippen LogP contribution in [0.3, 0.4) is 0 Å². The second kappa shape index (κ2) is 8.53. The maximum atomic E-state index is 11.7. The van der Waals surface area contributed by atoms with Crippen molar-refractivity contribution in [3.63, 3.8) is 0 Å². The molecular weight excluding hydrogens is 358 g/mol. The Morgan fingerprint density at radius 1 is 1.42 bits per heavy atom. The number of nitrogens with zero attached hydrogens (tertiary/aromatic N) is 2. The zero-order chi connectivity index (χ0) is 19.3. The Morgan fingerprint density at radius 3 is 2.81 bits per heavy atom. The number of rotatable bonds is 7. The molecule has 2 aromatic rings. The van der Waals surface area contributed by atoms with Crippen molar-refractivity contribution in [1.29, 1.82) is 0 Å². The van der Waals surface area contributed by atoms with Gasteiger partial charge in [-0.2, -0.15) is 5.10 Å². The van der Waals surface area contributed by atoms with E-state index in [1.807, 2.05) is 24.3 Å². The lowest BCUT2D eigenvalue weighted by molar-refractivity contribution is -0.148. The lowest BCUT2D eigenvalue weighted by atomic mass is 10.2. The Labute approximate surface area is 156 Å². The van der Waals surface area contributed by atoms with Gasteiger partial charge in [-0.15, -0.1) is 0 Å². The van der Waals surface area contributed by atoms with Gasteiger partial charge in [0.1, 0.15) is 10.9 Å². The highest BCUT2D eigenvalue weighted by Gasteiger charge is 2.14. The molecule has 26 heavy (non-hydrogen) atoms. The zero-order valence-electron chi connectivity index (χ0n) is 14.7. The topological polar surface area (TPSA) is 96.4 Å². The minimum absolute atomic E-state index is 0.386. The van der Waals surface area contributed by atoms with Gasteiger partial charge in [0.05, 0.1) is 19.3 Å². The highest BCUT2D eigenvalue weighted by Crippen LogP contribution is 2.23. The van der Waals surface area contributed by atoms with Crippen molar-refractivity contribution < 1.29 is 19.1 Å². The smallest absolute Gasteiger partial charge is 0.331 e. The number of hydrogen-bond donors (Lipinski definition) is 1. The summed E-state index contributed by atoms with van der Waals surface area (Å²) in [6.45, 7) is 3.64. The number of methoxy groups -OCH3 is 1. The molecule has 1 aromatic heterocycles. The fourth-order valence-corrected chi connectivity index (χ4v) is 2.53. The van der Waals surface area contributed by atoms with Gasteiger partial charge in [-0.25, -0.2) is 9.48 Å². The molecular formula is C18H20ClN3O4. The molecule has 0 spiro atoms. The number of aryl methyl sites for hydroxylation is 1. The number of carbonyl (C=O) groups excluding carboxylic acids is 2.